The molecule has 3 aromatic carbocycles. The maximum absolute atomic E-state index is 13.4. The number of para-hydroxylation sites is 2. The van der Waals surface area contributed by atoms with Crippen LogP contribution in [0.3, 0.4) is 0 Å². The van der Waals surface area contributed by atoms with Crippen molar-refractivity contribution >= 4 is 21.8 Å². The number of ether oxygens (including phenoxy) is 1. The van der Waals surface area contributed by atoms with Crippen molar-refractivity contribution in [3.05, 3.63) is 72.6 Å². The van der Waals surface area contributed by atoms with Gasteiger partial charge in [-0.2, -0.15) is 13.2 Å². The second kappa shape index (κ2) is 7.16. The van der Waals surface area contributed by atoms with Gasteiger partial charge in [-0.1, -0.05) is 48.5 Å². The van der Waals surface area contributed by atoms with Crippen LogP contribution < -0.4 is 4.74 Å². The van der Waals surface area contributed by atoms with E-state index in [9.17, 15) is 18.3 Å². The average Bonchev–Trinajstić information content (AvgIpc) is 3.05. The number of rotatable bonds is 5. The lowest BCUT2D eigenvalue weighted by atomic mass is 10.1. The minimum Gasteiger partial charge on any atom is -0.490 e. The van der Waals surface area contributed by atoms with Gasteiger partial charge in [0.1, 0.15) is 18.5 Å². The van der Waals surface area contributed by atoms with Gasteiger partial charge in [0.05, 0.1) is 17.6 Å². The molecule has 0 fully saturated rings. The number of benzene rings is 3. The average molecular weight is 386 g/mol. The van der Waals surface area contributed by atoms with Crippen molar-refractivity contribution in [2.24, 2.45) is 0 Å². The van der Waals surface area contributed by atoms with Gasteiger partial charge in [-0.25, -0.2) is 4.98 Å². The Morgan fingerprint density at radius 3 is 2.50 bits per heavy atom. The predicted molar refractivity (Wildman–Crippen MR) is 100 cm³/mol. The molecule has 4 nitrogen and oxygen atoms in total. The van der Waals surface area contributed by atoms with E-state index in [4.69, 9.17) is 4.74 Å². The fourth-order valence-corrected chi connectivity index (χ4v) is 3.25. The number of aliphatic hydroxyl groups excluding tert-OH is 1. The van der Waals surface area contributed by atoms with Crippen LogP contribution in [0.4, 0.5) is 13.2 Å². The molecule has 1 heterocycles. The van der Waals surface area contributed by atoms with Gasteiger partial charge in [-0.3, -0.25) is 0 Å². The van der Waals surface area contributed by atoms with Crippen molar-refractivity contribution in [3.63, 3.8) is 0 Å². The minimum absolute atomic E-state index is 0.141. The van der Waals surface area contributed by atoms with Crippen molar-refractivity contribution < 1.29 is 23.0 Å². The quantitative estimate of drug-likeness (QED) is 0.543. The summed E-state index contributed by atoms with van der Waals surface area (Å²) in [4.78, 5) is 3.68. The molecule has 0 bridgehead atoms. The first-order valence-corrected chi connectivity index (χ1v) is 8.74. The molecule has 0 aliphatic carbocycles. The number of nitrogens with zero attached hydrogens (tertiary/aromatic N) is 2. The van der Waals surface area contributed by atoms with Gasteiger partial charge in [-0.15, -0.1) is 0 Å². The molecule has 1 aromatic heterocycles. The highest BCUT2D eigenvalue weighted by Gasteiger charge is 2.37. The molecular formula is C21H17F3N2O2. The van der Waals surface area contributed by atoms with Crippen LogP contribution in [-0.2, 0) is 12.7 Å². The molecule has 4 aromatic rings. The lowest BCUT2D eigenvalue weighted by Gasteiger charge is -2.17. The van der Waals surface area contributed by atoms with E-state index in [-0.39, 0.29) is 18.7 Å². The second-order valence-electron chi connectivity index (χ2n) is 6.47. The first-order chi connectivity index (χ1) is 13.4. The third-order valence-corrected chi connectivity index (χ3v) is 4.48. The predicted octanol–water partition coefficient (Wildman–Crippen LogP) is 4.65. The highest BCUT2D eigenvalue weighted by molar-refractivity contribution is 5.88. The van der Waals surface area contributed by atoms with E-state index in [2.05, 4.69) is 4.98 Å². The van der Waals surface area contributed by atoms with Gasteiger partial charge in [0.2, 0.25) is 5.82 Å². The zero-order chi connectivity index (χ0) is 19.7. The zero-order valence-electron chi connectivity index (χ0n) is 14.7. The van der Waals surface area contributed by atoms with Gasteiger partial charge in [-0.05, 0) is 23.6 Å². The van der Waals surface area contributed by atoms with Gasteiger partial charge < -0.3 is 14.4 Å². The maximum Gasteiger partial charge on any atom is 0.449 e. The van der Waals surface area contributed by atoms with E-state index in [1.807, 2.05) is 36.4 Å². The molecule has 28 heavy (non-hydrogen) atoms. The SMILES string of the molecule is O[C@H](COc1cccc2ccccc12)Cn1c(C(F)(F)F)nc2ccccc21. The lowest BCUT2D eigenvalue weighted by molar-refractivity contribution is -0.147. The molecule has 0 saturated heterocycles. The van der Waals surface area contributed by atoms with E-state index >= 15 is 0 Å². The van der Waals surface area contributed by atoms with Crippen molar-refractivity contribution in [3.8, 4) is 5.75 Å². The first-order valence-electron chi connectivity index (χ1n) is 8.74. The highest BCUT2D eigenvalue weighted by atomic mass is 19.4. The summed E-state index contributed by atoms with van der Waals surface area (Å²) in [6.07, 6.45) is -5.76. The summed E-state index contributed by atoms with van der Waals surface area (Å²) in [6.45, 7) is -0.419. The number of hydrogen-bond acceptors (Lipinski definition) is 3. The van der Waals surface area contributed by atoms with Crippen LogP contribution in [0.25, 0.3) is 21.8 Å². The molecule has 0 spiro atoms. The monoisotopic (exact) mass is 386 g/mol. The number of aromatic nitrogens is 2. The fourth-order valence-electron chi connectivity index (χ4n) is 3.25. The van der Waals surface area contributed by atoms with Gasteiger partial charge in [0.15, 0.2) is 0 Å². The minimum atomic E-state index is -4.62. The lowest BCUT2D eigenvalue weighted by Crippen LogP contribution is -2.26. The number of fused-ring (bicyclic) bond motifs is 2. The summed E-state index contributed by atoms with van der Waals surface area (Å²) in [5, 5.41) is 12.2. The normalized spacial score (nSPS) is 13.1. The van der Waals surface area contributed by atoms with Crippen LogP contribution in [-0.4, -0.2) is 27.4 Å². The van der Waals surface area contributed by atoms with Gasteiger partial charge in [0.25, 0.3) is 0 Å². The van der Waals surface area contributed by atoms with E-state index < -0.39 is 18.1 Å². The summed E-state index contributed by atoms with van der Waals surface area (Å²) in [6, 6.07) is 19.5. The molecule has 0 aliphatic heterocycles. The van der Waals surface area contributed by atoms with Crippen molar-refractivity contribution in [2.75, 3.05) is 6.61 Å². The summed E-state index contributed by atoms with van der Waals surface area (Å²) in [5.74, 6) is -0.457. The van der Waals surface area contributed by atoms with Crippen molar-refractivity contribution in [2.45, 2.75) is 18.8 Å². The molecule has 7 heteroatoms. The van der Waals surface area contributed by atoms with E-state index in [0.717, 1.165) is 15.3 Å². The van der Waals surface area contributed by atoms with Crippen LogP contribution in [0.2, 0.25) is 0 Å². The Kier molecular flexibility index (Phi) is 4.68. The van der Waals surface area contributed by atoms with Gasteiger partial charge >= 0.3 is 6.18 Å². The molecule has 0 unspecified atom stereocenters. The fraction of sp³-hybridized carbons (Fsp3) is 0.190. The van der Waals surface area contributed by atoms with Crippen molar-refractivity contribution in [1.82, 2.24) is 9.55 Å². The summed E-state index contributed by atoms with van der Waals surface area (Å²) in [5.41, 5.74) is 0.552. The van der Waals surface area contributed by atoms with Crippen LogP contribution >= 0.6 is 0 Å². The second-order valence-corrected chi connectivity index (χ2v) is 6.47. The Hall–Kier alpha value is -3.06. The Morgan fingerprint density at radius 2 is 1.68 bits per heavy atom. The van der Waals surface area contributed by atoms with E-state index in [0.29, 0.717) is 11.3 Å². The number of halogens is 3. The summed E-state index contributed by atoms with van der Waals surface area (Å²) < 4.78 is 46.8. The molecule has 0 amide bonds. The molecule has 1 atom stereocenters. The molecule has 0 radical (unpaired) electrons. The van der Waals surface area contributed by atoms with E-state index in [1.165, 1.54) is 6.07 Å². The van der Waals surface area contributed by atoms with Crippen LogP contribution in [0, 0.1) is 0 Å². The molecule has 0 aliphatic rings. The maximum atomic E-state index is 13.4. The van der Waals surface area contributed by atoms with Crippen LogP contribution in [0.5, 0.6) is 5.75 Å². The van der Waals surface area contributed by atoms with Gasteiger partial charge in [0, 0.05) is 5.39 Å². The number of alkyl halides is 3. The molecular weight excluding hydrogens is 369 g/mol. The Morgan fingerprint density at radius 1 is 0.964 bits per heavy atom. The van der Waals surface area contributed by atoms with Crippen LogP contribution in [0.15, 0.2) is 66.7 Å². The smallest absolute Gasteiger partial charge is 0.449 e. The topological polar surface area (TPSA) is 47.3 Å². The summed E-state index contributed by atoms with van der Waals surface area (Å²) in [7, 11) is 0. The first kappa shape index (κ1) is 18.3. The summed E-state index contributed by atoms with van der Waals surface area (Å²) >= 11 is 0. The zero-order valence-corrected chi connectivity index (χ0v) is 14.7. The third kappa shape index (κ3) is 3.53. The Labute approximate surface area is 158 Å². The third-order valence-electron chi connectivity index (χ3n) is 4.48. The standard InChI is InChI=1S/C21H17F3N2O2/c22-21(23,24)20-25-17-9-3-4-10-18(17)26(20)12-15(27)13-28-19-11-5-7-14-6-1-2-8-16(14)19/h1-11,15,27H,12-13H2/t15-/m0/s1. The molecule has 0 saturated carbocycles. The Balaban J connectivity index is 1.56. The number of aliphatic hydroxyl groups is 1. The number of hydrogen-bond donors (Lipinski definition) is 1. The number of imidazole rings is 1. The molecule has 144 valence electrons. The molecule has 4 rings (SSSR count). The van der Waals surface area contributed by atoms with E-state index in [1.54, 1.807) is 24.3 Å². The highest BCUT2D eigenvalue weighted by Crippen LogP contribution is 2.32. The Bertz CT molecular complexity index is 1120. The van der Waals surface area contributed by atoms with Crippen LogP contribution in [0.1, 0.15) is 5.82 Å². The molecule has 1 N–H and O–H groups in total. The van der Waals surface area contributed by atoms with Crippen molar-refractivity contribution in [1.29, 1.82) is 0 Å². The largest absolute Gasteiger partial charge is 0.490 e.